The molecule has 1 aliphatic rings. The van der Waals surface area contributed by atoms with E-state index in [-0.39, 0.29) is 17.6 Å². The number of fused-ring (bicyclic) bond motifs is 1. The van der Waals surface area contributed by atoms with Crippen molar-refractivity contribution in [1.29, 1.82) is 0 Å². The molecule has 1 atom stereocenters. The molecular formula is C21H24N6O3. The van der Waals surface area contributed by atoms with E-state index in [0.29, 0.717) is 5.69 Å². The van der Waals surface area contributed by atoms with Crippen molar-refractivity contribution in [2.75, 3.05) is 36.4 Å². The summed E-state index contributed by atoms with van der Waals surface area (Å²) in [4.78, 5) is 35.4. The molecule has 2 N–H and O–H groups in total. The Labute approximate surface area is 173 Å². The molecule has 3 aromatic rings. The number of para-hydroxylation sites is 2. The van der Waals surface area contributed by atoms with Crippen molar-refractivity contribution in [2.45, 2.75) is 19.4 Å². The van der Waals surface area contributed by atoms with Gasteiger partial charge in [-0.2, -0.15) is 0 Å². The predicted octanol–water partition coefficient (Wildman–Crippen LogP) is 3.01. The fourth-order valence-corrected chi connectivity index (χ4v) is 3.70. The topological polar surface area (TPSA) is 107 Å². The van der Waals surface area contributed by atoms with E-state index in [9.17, 15) is 14.9 Å². The highest BCUT2D eigenvalue weighted by Gasteiger charge is 2.25. The second-order valence-electron chi connectivity index (χ2n) is 7.42. The summed E-state index contributed by atoms with van der Waals surface area (Å²) < 4.78 is 0. The molecule has 0 radical (unpaired) electrons. The van der Waals surface area contributed by atoms with Gasteiger partial charge >= 0.3 is 0 Å². The Kier molecular flexibility index (Phi) is 5.62. The van der Waals surface area contributed by atoms with Crippen LogP contribution in [0, 0.1) is 10.1 Å². The maximum Gasteiger partial charge on any atom is 0.269 e. The van der Waals surface area contributed by atoms with Crippen LogP contribution in [0.15, 0.2) is 48.5 Å². The molecule has 0 spiro atoms. The molecule has 2 heterocycles. The lowest BCUT2D eigenvalue weighted by atomic mass is 10.2. The fourth-order valence-electron chi connectivity index (χ4n) is 3.70. The van der Waals surface area contributed by atoms with Crippen LogP contribution in [-0.4, -0.2) is 57.9 Å². The van der Waals surface area contributed by atoms with Gasteiger partial charge < -0.3 is 15.2 Å². The number of aromatic amines is 1. The maximum atomic E-state index is 12.7. The minimum atomic E-state index is -0.459. The Morgan fingerprint density at radius 3 is 2.63 bits per heavy atom. The van der Waals surface area contributed by atoms with Gasteiger partial charge in [0.1, 0.15) is 0 Å². The highest BCUT2D eigenvalue weighted by atomic mass is 16.6. The van der Waals surface area contributed by atoms with E-state index in [2.05, 4.69) is 25.1 Å². The quantitative estimate of drug-likeness (QED) is 0.496. The summed E-state index contributed by atoms with van der Waals surface area (Å²) in [6, 6.07) is 13.5. The lowest BCUT2D eigenvalue weighted by molar-refractivity contribution is -0.384. The van der Waals surface area contributed by atoms with Crippen molar-refractivity contribution in [1.82, 2.24) is 14.9 Å². The number of hydrogen-bond donors (Lipinski definition) is 2. The molecule has 9 nitrogen and oxygen atoms in total. The molecule has 2 aromatic carbocycles. The van der Waals surface area contributed by atoms with Crippen molar-refractivity contribution < 1.29 is 9.72 Å². The van der Waals surface area contributed by atoms with Gasteiger partial charge in [-0.15, -0.1) is 0 Å². The zero-order valence-corrected chi connectivity index (χ0v) is 16.7. The first-order chi connectivity index (χ1) is 14.5. The van der Waals surface area contributed by atoms with E-state index in [4.69, 9.17) is 0 Å². The summed E-state index contributed by atoms with van der Waals surface area (Å²) in [5.41, 5.74) is 2.52. The molecule has 0 saturated carbocycles. The number of imidazole rings is 1. The minimum absolute atomic E-state index is 0.000700. The molecule has 1 unspecified atom stereocenters. The first kappa shape index (κ1) is 19.8. The summed E-state index contributed by atoms with van der Waals surface area (Å²) in [7, 11) is 0. The Morgan fingerprint density at radius 1 is 1.13 bits per heavy atom. The third-order valence-corrected chi connectivity index (χ3v) is 5.48. The largest absolute Gasteiger partial charge is 0.341 e. The average molecular weight is 408 g/mol. The van der Waals surface area contributed by atoms with Crippen molar-refractivity contribution in [3.8, 4) is 0 Å². The molecular weight excluding hydrogens is 384 g/mol. The summed E-state index contributed by atoms with van der Waals surface area (Å²) in [6.07, 6.45) is 0.923. The van der Waals surface area contributed by atoms with E-state index in [1.54, 1.807) is 12.1 Å². The van der Waals surface area contributed by atoms with E-state index < -0.39 is 4.92 Å². The van der Waals surface area contributed by atoms with E-state index >= 15 is 0 Å². The predicted molar refractivity (Wildman–Crippen MR) is 116 cm³/mol. The summed E-state index contributed by atoms with van der Waals surface area (Å²) >= 11 is 0. The zero-order valence-electron chi connectivity index (χ0n) is 16.7. The molecule has 4 rings (SSSR count). The highest BCUT2D eigenvalue weighted by molar-refractivity contribution is 5.94. The number of carbonyl (C=O) groups is 1. The van der Waals surface area contributed by atoms with Gasteiger partial charge in [0.05, 0.1) is 22.0 Å². The number of nitro benzene ring substituents is 1. The monoisotopic (exact) mass is 408 g/mol. The number of nitrogens with zero attached hydrogens (tertiary/aromatic N) is 4. The van der Waals surface area contributed by atoms with E-state index in [1.807, 2.05) is 31.2 Å². The number of nitrogens with one attached hydrogen (secondary N) is 2. The van der Waals surface area contributed by atoms with Gasteiger partial charge in [-0.3, -0.25) is 19.8 Å². The molecule has 156 valence electrons. The Balaban J connectivity index is 1.37. The van der Waals surface area contributed by atoms with Crippen LogP contribution in [0.1, 0.15) is 13.3 Å². The molecule has 1 fully saturated rings. The van der Waals surface area contributed by atoms with Crippen LogP contribution in [-0.2, 0) is 4.79 Å². The maximum absolute atomic E-state index is 12.7. The molecule has 9 heteroatoms. The number of amides is 1. The van der Waals surface area contributed by atoms with Crippen molar-refractivity contribution in [3.63, 3.8) is 0 Å². The van der Waals surface area contributed by atoms with Crippen LogP contribution in [0.2, 0.25) is 0 Å². The van der Waals surface area contributed by atoms with Crippen LogP contribution >= 0.6 is 0 Å². The van der Waals surface area contributed by atoms with Gasteiger partial charge in [0, 0.05) is 44.0 Å². The summed E-state index contributed by atoms with van der Waals surface area (Å²) in [6.45, 7) is 5.08. The number of carbonyl (C=O) groups excluding carboxylic acids is 1. The van der Waals surface area contributed by atoms with Crippen molar-refractivity contribution >= 4 is 34.3 Å². The van der Waals surface area contributed by atoms with Gasteiger partial charge in [-0.25, -0.2) is 4.98 Å². The van der Waals surface area contributed by atoms with Crippen LogP contribution in [0.3, 0.4) is 0 Å². The number of H-pyrrole nitrogens is 1. The molecule has 1 aliphatic heterocycles. The Morgan fingerprint density at radius 2 is 1.90 bits per heavy atom. The second-order valence-corrected chi connectivity index (χ2v) is 7.42. The molecule has 0 bridgehead atoms. The van der Waals surface area contributed by atoms with Crippen LogP contribution < -0.4 is 10.2 Å². The number of nitro groups is 1. The number of anilines is 2. The normalized spacial score (nSPS) is 16.2. The lowest BCUT2D eigenvalue weighted by Crippen LogP contribution is -2.44. The lowest BCUT2D eigenvalue weighted by Gasteiger charge is -2.26. The van der Waals surface area contributed by atoms with Gasteiger partial charge in [-0.1, -0.05) is 12.1 Å². The van der Waals surface area contributed by atoms with Gasteiger partial charge in [-0.05, 0) is 37.6 Å². The number of hydrogen-bond acceptors (Lipinski definition) is 6. The molecule has 30 heavy (non-hydrogen) atoms. The molecule has 1 aromatic heterocycles. The Bertz CT molecular complexity index is 1020. The van der Waals surface area contributed by atoms with Crippen molar-refractivity contribution in [3.05, 3.63) is 58.6 Å². The SMILES string of the molecule is CC(C(=O)Nc1ccc([N+](=O)[O-])cc1)N1CCCN(c2nc3ccccc3[nH]2)CC1. The van der Waals surface area contributed by atoms with Crippen LogP contribution in [0.5, 0.6) is 0 Å². The molecule has 1 saturated heterocycles. The number of aromatic nitrogens is 2. The van der Waals surface area contributed by atoms with E-state index in [0.717, 1.165) is 49.6 Å². The van der Waals surface area contributed by atoms with Gasteiger partial charge in [0.2, 0.25) is 11.9 Å². The van der Waals surface area contributed by atoms with Crippen LogP contribution in [0.25, 0.3) is 11.0 Å². The summed E-state index contributed by atoms with van der Waals surface area (Å²) in [5, 5.41) is 13.6. The number of non-ortho nitro benzene ring substituents is 1. The minimum Gasteiger partial charge on any atom is -0.341 e. The highest BCUT2D eigenvalue weighted by Crippen LogP contribution is 2.20. The Hall–Kier alpha value is -3.46. The van der Waals surface area contributed by atoms with Gasteiger partial charge in [0.25, 0.3) is 5.69 Å². The standard InChI is InChI=1S/C21H24N6O3/c1-15(20(28)22-16-7-9-17(10-8-16)27(29)30)25-11-4-12-26(14-13-25)21-23-18-5-2-3-6-19(18)24-21/h2-3,5-10,15H,4,11-14H2,1H3,(H,22,28)(H,23,24). The smallest absolute Gasteiger partial charge is 0.269 e. The first-order valence-corrected chi connectivity index (χ1v) is 10.0. The third kappa shape index (κ3) is 4.25. The zero-order chi connectivity index (χ0) is 21.1. The first-order valence-electron chi connectivity index (χ1n) is 10.0. The fraction of sp³-hybridized carbons (Fsp3) is 0.333. The van der Waals surface area contributed by atoms with E-state index in [1.165, 1.54) is 12.1 Å². The average Bonchev–Trinajstić information content (AvgIpc) is 3.03. The van der Waals surface area contributed by atoms with Crippen molar-refractivity contribution in [2.24, 2.45) is 0 Å². The third-order valence-electron chi connectivity index (χ3n) is 5.48. The van der Waals surface area contributed by atoms with Crippen LogP contribution in [0.4, 0.5) is 17.3 Å². The number of rotatable bonds is 5. The number of benzene rings is 2. The van der Waals surface area contributed by atoms with Gasteiger partial charge in [0.15, 0.2) is 0 Å². The summed E-state index contributed by atoms with van der Waals surface area (Å²) in [5.74, 6) is 0.738. The molecule has 1 amide bonds. The molecule has 0 aliphatic carbocycles. The second kappa shape index (κ2) is 8.50.